The number of benzene rings is 1. The fraction of sp³-hybridized carbons (Fsp3) is 0.370. The molecule has 0 radical (unpaired) electrons. The van der Waals surface area contributed by atoms with E-state index in [4.69, 9.17) is 15.8 Å². The number of nitrogens with zero attached hydrogens (tertiary/aromatic N) is 8. The van der Waals surface area contributed by atoms with Crippen LogP contribution in [0.3, 0.4) is 0 Å². The predicted octanol–water partition coefficient (Wildman–Crippen LogP) is 5.20. The Labute approximate surface area is 214 Å². The summed E-state index contributed by atoms with van der Waals surface area (Å²) in [6.07, 6.45) is 9.55. The van der Waals surface area contributed by atoms with E-state index in [1.807, 2.05) is 28.0 Å². The molecule has 6 rings (SSSR count). The Morgan fingerprint density at radius 2 is 2.00 bits per heavy atom. The molecule has 4 aromatic rings. The van der Waals surface area contributed by atoms with Gasteiger partial charge in [-0.25, -0.2) is 24.0 Å². The van der Waals surface area contributed by atoms with Gasteiger partial charge in [0, 0.05) is 24.0 Å². The van der Waals surface area contributed by atoms with Crippen LogP contribution < -0.4 is 5.73 Å². The number of nitrogen functional groups attached to an aromatic ring is 1. The van der Waals surface area contributed by atoms with E-state index in [1.165, 1.54) is 12.4 Å². The molecule has 190 valence electrons. The molecule has 0 saturated heterocycles. The van der Waals surface area contributed by atoms with Crippen LogP contribution >= 0.6 is 0 Å². The molecule has 1 aliphatic heterocycles. The fourth-order valence-corrected chi connectivity index (χ4v) is 5.08. The zero-order valence-corrected chi connectivity index (χ0v) is 21.1. The average Bonchev–Trinajstić information content (AvgIpc) is 3.45. The quantitative estimate of drug-likeness (QED) is 0.357. The van der Waals surface area contributed by atoms with Crippen LogP contribution in [0.5, 0.6) is 0 Å². The number of hydrogen-bond acceptors (Lipinski definition) is 7. The molecule has 0 spiro atoms. The number of hydrogen-bond donors (Lipinski definition) is 1. The number of amidine groups is 1. The van der Waals surface area contributed by atoms with E-state index in [-0.39, 0.29) is 5.82 Å². The molecule has 37 heavy (non-hydrogen) atoms. The standard InChI is InChI=1S/C27H30FN9/c1-4-19(5-2)36-13-18(11-32-36)25-24-26(29)30-15-31-27(24)37(34-25)14-22-33-21-8-6-7-20(28)23(21)16(3)35(22)12-17-9-10-17/h6-8,11,13,15,17,19H,3-5,9-10,12,14H2,1-2H3,(H2,29,30,31). The van der Waals surface area contributed by atoms with Crippen molar-refractivity contribution in [1.82, 2.24) is 34.4 Å². The lowest BCUT2D eigenvalue weighted by molar-refractivity contribution is 0.428. The van der Waals surface area contributed by atoms with Gasteiger partial charge in [0.25, 0.3) is 0 Å². The zero-order valence-electron chi connectivity index (χ0n) is 21.1. The van der Waals surface area contributed by atoms with Crippen molar-refractivity contribution in [3.63, 3.8) is 0 Å². The number of halogens is 1. The van der Waals surface area contributed by atoms with E-state index in [2.05, 4.69) is 35.5 Å². The maximum Gasteiger partial charge on any atom is 0.164 e. The first kappa shape index (κ1) is 23.3. The van der Waals surface area contributed by atoms with Crippen molar-refractivity contribution in [2.45, 2.75) is 52.1 Å². The second-order valence-corrected chi connectivity index (χ2v) is 9.81. The van der Waals surface area contributed by atoms with Crippen LogP contribution in [0.25, 0.3) is 28.0 Å². The van der Waals surface area contributed by atoms with Crippen LogP contribution in [0.2, 0.25) is 0 Å². The lowest BCUT2D eigenvalue weighted by atomic mass is 10.1. The highest BCUT2D eigenvalue weighted by Gasteiger charge is 2.32. The van der Waals surface area contributed by atoms with Crippen LogP contribution in [0.1, 0.15) is 51.1 Å². The molecular formula is C27H30FN9. The Morgan fingerprint density at radius 1 is 1.19 bits per heavy atom. The summed E-state index contributed by atoms with van der Waals surface area (Å²) in [6.45, 7) is 9.64. The Hall–Kier alpha value is -4.08. The van der Waals surface area contributed by atoms with E-state index >= 15 is 0 Å². The van der Waals surface area contributed by atoms with Crippen molar-refractivity contribution in [1.29, 1.82) is 0 Å². The largest absolute Gasteiger partial charge is 0.383 e. The monoisotopic (exact) mass is 499 g/mol. The summed E-state index contributed by atoms with van der Waals surface area (Å²) in [7, 11) is 0. The highest BCUT2D eigenvalue weighted by molar-refractivity contribution is 6.01. The minimum atomic E-state index is -0.312. The Morgan fingerprint density at radius 3 is 2.76 bits per heavy atom. The van der Waals surface area contributed by atoms with Crippen LogP contribution in [-0.4, -0.2) is 46.8 Å². The minimum Gasteiger partial charge on any atom is -0.383 e. The van der Waals surface area contributed by atoms with Crippen LogP contribution in [0, 0.1) is 11.7 Å². The van der Waals surface area contributed by atoms with Crippen molar-refractivity contribution in [2.75, 3.05) is 12.3 Å². The number of aromatic nitrogens is 6. The second-order valence-electron chi connectivity index (χ2n) is 9.81. The third-order valence-electron chi connectivity index (χ3n) is 7.35. The van der Waals surface area contributed by atoms with Gasteiger partial charge in [0.05, 0.1) is 28.9 Å². The molecule has 2 N–H and O–H groups in total. The van der Waals surface area contributed by atoms with Crippen molar-refractivity contribution >= 4 is 34.1 Å². The summed E-state index contributed by atoms with van der Waals surface area (Å²) in [6, 6.07) is 5.26. The van der Waals surface area contributed by atoms with Crippen molar-refractivity contribution < 1.29 is 4.39 Å². The molecular weight excluding hydrogens is 469 g/mol. The van der Waals surface area contributed by atoms with Gasteiger partial charge in [-0.2, -0.15) is 10.2 Å². The number of rotatable bonds is 8. The summed E-state index contributed by atoms with van der Waals surface area (Å²) in [5, 5.41) is 10.2. The van der Waals surface area contributed by atoms with Gasteiger partial charge in [-0.1, -0.05) is 26.5 Å². The summed E-state index contributed by atoms with van der Waals surface area (Å²) in [5.41, 5.74) is 10.1. The molecule has 2 aliphatic rings. The average molecular weight is 500 g/mol. The lowest BCUT2D eigenvalue weighted by Gasteiger charge is -2.32. The van der Waals surface area contributed by atoms with Gasteiger partial charge < -0.3 is 10.6 Å². The number of fused-ring (bicyclic) bond motifs is 2. The fourth-order valence-electron chi connectivity index (χ4n) is 5.08. The van der Waals surface area contributed by atoms with E-state index in [1.54, 1.807) is 10.7 Å². The SMILES string of the molecule is C=C1c2c(F)cccc2N=C(Cn2nc(-c3cnn(C(CC)CC)c3)c3c(N)ncnc32)N1CC1CC1. The minimum absolute atomic E-state index is 0.312. The Balaban J connectivity index is 1.44. The molecule has 0 amide bonds. The van der Waals surface area contributed by atoms with Crippen molar-refractivity contribution in [3.8, 4) is 11.3 Å². The van der Waals surface area contributed by atoms with Gasteiger partial charge in [0.1, 0.15) is 36.0 Å². The van der Waals surface area contributed by atoms with Crippen LogP contribution in [0.4, 0.5) is 15.9 Å². The summed E-state index contributed by atoms with van der Waals surface area (Å²) >= 11 is 0. The lowest BCUT2D eigenvalue weighted by Crippen LogP contribution is -2.36. The normalized spacial score (nSPS) is 15.5. The summed E-state index contributed by atoms with van der Waals surface area (Å²) in [5.74, 6) is 1.34. The maximum absolute atomic E-state index is 14.7. The summed E-state index contributed by atoms with van der Waals surface area (Å²) in [4.78, 5) is 15.7. The van der Waals surface area contributed by atoms with Gasteiger partial charge in [-0.15, -0.1) is 0 Å². The third kappa shape index (κ3) is 4.06. The first-order chi connectivity index (χ1) is 18.0. The smallest absolute Gasteiger partial charge is 0.164 e. The van der Waals surface area contributed by atoms with E-state index in [9.17, 15) is 4.39 Å². The molecule has 1 fully saturated rings. The second kappa shape index (κ2) is 9.10. The van der Waals surface area contributed by atoms with Crippen LogP contribution in [-0.2, 0) is 6.54 Å². The highest BCUT2D eigenvalue weighted by Crippen LogP contribution is 2.39. The molecule has 9 nitrogen and oxygen atoms in total. The molecule has 1 saturated carbocycles. The molecule has 3 aromatic heterocycles. The molecule has 1 aromatic carbocycles. The number of anilines is 1. The van der Waals surface area contributed by atoms with Gasteiger partial charge in [0.15, 0.2) is 5.65 Å². The van der Waals surface area contributed by atoms with Crippen LogP contribution in [0.15, 0.2) is 48.5 Å². The molecule has 10 heteroatoms. The zero-order chi connectivity index (χ0) is 25.7. The van der Waals surface area contributed by atoms with Gasteiger partial charge in [0.2, 0.25) is 0 Å². The van der Waals surface area contributed by atoms with E-state index in [0.717, 1.165) is 43.6 Å². The summed E-state index contributed by atoms with van der Waals surface area (Å²) < 4.78 is 18.5. The van der Waals surface area contributed by atoms with Gasteiger partial charge in [-0.3, -0.25) is 4.68 Å². The molecule has 1 aliphatic carbocycles. The number of nitrogens with two attached hydrogens (primary N) is 1. The molecule has 4 heterocycles. The number of aliphatic imine (C=N–C) groups is 1. The van der Waals surface area contributed by atoms with Crippen molar-refractivity contribution in [3.05, 3.63) is 54.9 Å². The van der Waals surface area contributed by atoms with Crippen molar-refractivity contribution in [2.24, 2.45) is 10.9 Å². The maximum atomic E-state index is 14.7. The predicted molar refractivity (Wildman–Crippen MR) is 143 cm³/mol. The molecule has 0 atom stereocenters. The topological polar surface area (TPSA) is 103 Å². The highest BCUT2D eigenvalue weighted by atomic mass is 19.1. The Bertz CT molecular complexity index is 1520. The van der Waals surface area contributed by atoms with E-state index in [0.29, 0.717) is 58.0 Å². The van der Waals surface area contributed by atoms with Gasteiger partial charge >= 0.3 is 0 Å². The first-order valence-electron chi connectivity index (χ1n) is 12.8. The third-order valence-corrected chi connectivity index (χ3v) is 7.35. The van der Waals surface area contributed by atoms with Gasteiger partial charge in [-0.05, 0) is 43.7 Å². The molecule has 0 bridgehead atoms. The first-order valence-corrected chi connectivity index (χ1v) is 12.8. The Kier molecular flexibility index (Phi) is 5.73. The van der Waals surface area contributed by atoms with E-state index < -0.39 is 0 Å². The molecule has 0 unspecified atom stereocenters.